The second-order valence-corrected chi connectivity index (χ2v) is 4.48. The van der Waals surface area contributed by atoms with E-state index < -0.39 is 0 Å². The van der Waals surface area contributed by atoms with Gasteiger partial charge in [0.2, 0.25) is 0 Å². The fourth-order valence-electron chi connectivity index (χ4n) is 1.41. The number of aliphatic hydroxyl groups is 1. The maximum absolute atomic E-state index is 8.67. The first-order valence-corrected chi connectivity index (χ1v) is 5.84. The van der Waals surface area contributed by atoms with Gasteiger partial charge in [0, 0.05) is 22.8 Å². The molecule has 4 nitrogen and oxygen atoms in total. The van der Waals surface area contributed by atoms with Crippen LogP contribution in [0.2, 0.25) is 0 Å². The van der Waals surface area contributed by atoms with Crippen LogP contribution in [0.15, 0.2) is 23.1 Å². The van der Waals surface area contributed by atoms with Crippen molar-refractivity contribution in [1.29, 1.82) is 0 Å². The molecule has 0 fully saturated rings. The Bertz CT molecular complexity index is 346. The molecule has 1 aromatic carbocycles. The van der Waals surface area contributed by atoms with Crippen LogP contribution in [0.4, 0.5) is 5.69 Å². The van der Waals surface area contributed by atoms with Gasteiger partial charge in [-0.05, 0) is 18.6 Å². The van der Waals surface area contributed by atoms with Gasteiger partial charge in [0.15, 0.2) is 6.23 Å². The zero-order valence-electron chi connectivity index (χ0n) is 8.27. The number of nitrogens with two attached hydrogens (primary N) is 1. The highest BCUT2D eigenvalue weighted by atomic mass is 32.2. The maximum Gasteiger partial charge on any atom is 0.161 e. The second-order valence-electron chi connectivity index (χ2n) is 3.32. The van der Waals surface area contributed by atoms with E-state index in [9.17, 15) is 0 Å². The lowest BCUT2D eigenvalue weighted by Crippen LogP contribution is -2.08. The first kappa shape index (κ1) is 10.8. The molecule has 0 saturated heterocycles. The summed E-state index contributed by atoms with van der Waals surface area (Å²) >= 11 is 1.72. The molecule has 2 rings (SSSR count). The largest absolute Gasteiger partial charge is 0.396 e. The van der Waals surface area contributed by atoms with Gasteiger partial charge < -0.3 is 10.8 Å². The molecule has 1 unspecified atom stereocenters. The van der Waals surface area contributed by atoms with Gasteiger partial charge in [0.05, 0.1) is 5.69 Å². The number of nitrogens with one attached hydrogen (secondary N) is 1. The molecular weight excluding hydrogens is 212 g/mol. The third kappa shape index (κ3) is 2.43. The van der Waals surface area contributed by atoms with Gasteiger partial charge in [-0.1, -0.05) is 6.07 Å². The molecule has 4 N–H and O–H groups in total. The van der Waals surface area contributed by atoms with Crippen LogP contribution in [0.1, 0.15) is 18.2 Å². The lowest BCUT2D eigenvalue weighted by Gasteiger charge is -2.03. The van der Waals surface area contributed by atoms with Crippen molar-refractivity contribution in [1.82, 2.24) is 0 Å². The molecule has 1 aliphatic heterocycles. The number of thioether (sulfide) groups is 1. The summed E-state index contributed by atoms with van der Waals surface area (Å²) in [5.41, 5.74) is 10.4. The Morgan fingerprint density at radius 3 is 3.20 bits per heavy atom. The highest BCUT2D eigenvalue weighted by Crippen LogP contribution is 2.33. The SMILES string of the molecule is NC1ONc2cc(SCCCO)ccc21. The van der Waals surface area contributed by atoms with Gasteiger partial charge in [-0.15, -0.1) is 11.8 Å². The zero-order valence-corrected chi connectivity index (χ0v) is 9.09. The molecule has 0 saturated carbocycles. The topological polar surface area (TPSA) is 67.5 Å². The summed E-state index contributed by atoms with van der Waals surface area (Å²) < 4.78 is 0. The normalized spacial score (nSPS) is 18.7. The molecule has 1 atom stereocenters. The summed E-state index contributed by atoms with van der Waals surface area (Å²) in [5, 5.41) is 8.67. The van der Waals surface area contributed by atoms with E-state index in [0.717, 1.165) is 28.3 Å². The summed E-state index contributed by atoms with van der Waals surface area (Å²) in [6.07, 6.45) is 0.446. The predicted molar refractivity (Wildman–Crippen MR) is 60.5 cm³/mol. The molecule has 1 heterocycles. The summed E-state index contributed by atoms with van der Waals surface area (Å²) in [7, 11) is 0. The zero-order chi connectivity index (χ0) is 10.7. The highest BCUT2D eigenvalue weighted by molar-refractivity contribution is 7.99. The van der Waals surface area contributed by atoms with Crippen molar-refractivity contribution >= 4 is 17.4 Å². The summed E-state index contributed by atoms with van der Waals surface area (Å²) in [4.78, 5) is 6.24. The van der Waals surface area contributed by atoms with Crippen molar-refractivity contribution in [2.75, 3.05) is 17.8 Å². The van der Waals surface area contributed by atoms with Crippen molar-refractivity contribution < 1.29 is 9.94 Å². The third-order valence-electron chi connectivity index (χ3n) is 2.20. The van der Waals surface area contributed by atoms with Crippen molar-refractivity contribution in [3.63, 3.8) is 0 Å². The number of benzene rings is 1. The molecule has 1 aliphatic rings. The van der Waals surface area contributed by atoms with Gasteiger partial charge in [-0.25, -0.2) is 0 Å². The van der Waals surface area contributed by atoms with Crippen molar-refractivity contribution in [3.8, 4) is 0 Å². The Hall–Kier alpha value is -0.750. The predicted octanol–water partition coefficient (Wildman–Crippen LogP) is 1.48. The smallest absolute Gasteiger partial charge is 0.161 e. The van der Waals surface area contributed by atoms with Crippen LogP contribution in [0, 0.1) is 0 Å². The van der Waals surface area contributed by atoms with E-state index in [1.807, 2.05) is 18.2 Å². The molecule has 0 aromatic heterocycles. The standard InChI is InChI=1S/C10H14N2O2S/c11-10-8-3-2-7(15-5-1-4-13)6-9(8)12-14-10/h2-3,6,10,12-13H,1,4-5,11H2. The van der Waals surface area contributed by atoms with Gasteiger partial charge in [0.25, 0.3) is 0 Å². The Labute approximate surface area is 92.8 Å². The minimum Gasteiger partial charge on any atom is -0.396 e. The number of hydrogen-bond acceptors (Lipinski definition) is 5. The number of rotatable bonds is 4. The summed E-state index contributed by atoms with van der Waals surface area (Å²) in [5.74, 6) is 0.919. The number of hydrogen-bond donors (Lipinski definition) is 3. The van der Waals surface area contributed by atoms with Gasteiger partial charge >= 0.3 is 0 Å². The van der Waals surface area contributed by atoms with E-state index in [1.54, 1.807) is 11.8 Å². The number of aliphatic hydroxyl groups excluding tert-OH is 1. The van der Waals surface area contributed by atoms with Crippen LogP contribution < -0.4 is 11.2 Å². The molecule has 5 heteroatoms. The monoisotopic (exact) mass is 226 g/mol. The minimum atomic E-state index is -0.364. The maximum atomic E-state index is 8.67. The van der Waals surface area contributed by atoms with Crippen LogP contribution in [-0.2, 0) is 4.84 Å². The quantitative estimate of drug-likeness (QED) is 0.536. The van der Waals surface area contributed by atoms with Crippen LogP contribution in [0.25, 0.3) is 0 Å². The lowest BCUT2D eigenvalue weighted by molar-refractivity contribution is 0.127. The van der Waals surface area contributed by atoms with E-state index in [2.05, 4.69) is 5.48 Å². The third-order valence-corrected chi connectivity index (χ3v) is 3.28. The minimum absolute atomic E-state index is 0.240. The van der Waals surface area contributed by atoms with Crippen LogP contribution in [0.5, 0.6) is 0 Å². The first-order chi connectivity index (χ1) is 7.31. The molecule has 0 amide bonds. The Morgan fingerprint density at radius 2 is 2.40 bits per heavy atom. The van der Waals surface area contributed by atoms with Gasteiger partial charge in [-0.3, -0.25) is 10.3 Å². The number of fused-ring (bicyclic) bond motifs is 1. The fraction of sp³-hybridized carbons (Fsp3) is 0.400. The summed E-state index contributed by atoms with van der Waals surface area (Å²) in [6.45, 7) is 0.240. The van der Waals surface area contributed by atoms with E-state index in [-0.39, 0.29) is 12.8 Å². The highest BCUT2D eigenvalue weighted by Gasteiger charge is 2.19. The molecule has 1 aromatic rings. The van der Waals surface area contributed by atoms with E-state index in [4.69, 9.17) is 15.7 Å². The average molecular weight is 226 g/mol. The first-order valence-electron chi connectivity index (χ1n) is 4.86. The summed E-state index contributed by atoms with van der Waals surface area (Å²) in [6, 6.07) is 6.02. The van der Waals surface area contributed by atoms with Crippen LogP contribution >= 0.6 is 11.8 Å². The molecule has 0 spiro atoms. The Kier molecular flexibility index (Phi) is 3.48. The fourth-order valence-corrected chi connectivity index (χ4v) is 2.28. The molecule has 82 valence electrons. The molecule has 0 aliphatic carbocycles. The van der Waals surface area contributed by atoms with E-state index in [1.165, 1.54) is 0 Å². The Morgan fingerprint density at radius 1 is 1.53 bits per heavy atom. The van der Waals surface area contributed by atoms with Gasteiger partial charge in [-0.2, -0.15) is 0 Å². The van der Waals surface area contributed by atoms with Gasteiger partial charge in [0.1, 0.15) is 0 Å². The van der Waals surface area contributed by atoms with Crippen molar-refractivity contribution in [3.05, 3.63) is 23.8 Å². The van der Waals surface area contributed by atoms with E-state index >= 15 is 0 Å². The molecule has 0 bridgehead atoms. The van der Waals surface area contributed by atoms with Crippen molar-refractivity contribution in [2.45, 2.75) is 17.5 Å². The van der Waals surface area contributed by atoms with Crippen LogP contribution in [0.3, 0.4) is 0 Å². The second kappa shape index (κ2) is 4.85. The number of anilines is 1. The average Bonchev–Trinajstić information content (AvgIpc) is 2.61. The molecule has 15 heavy (non-hydrogen) atoms. The van der Waals surface area contributed by atoms with Crippen molar-refractivity contribution in [2.24, 2.45) is 5.73 Å². The van der Waals surface area contributed by atoms with E-state index in [0.29, 0.717) is 0 Å². The lowest BCUT2D eigenvalue weighted by atomic mass is 10.2. The molecule has 0 radical (unpaired) electrons. The van der Waals surface area contributed by atoms with Crippen LogP contribution in [-0.4, -0.2) is 17.5 Å². The molecular formula is C10H14N2O2S. The Balaban J connectivity index is 2.03.